The molecule has 0 N–H and O–H groups in total. The first-order valence-corrected chi connectivity index (χ1v) is 14.4. The van der Waals surface area contributed by atoms with Crippen molar-refractivity contribution in [3.8, 4) is 22.4 Å². The van der Waals surface area contributed by atoms with Gasteiger partial charge in [-0.3, -0.25) is 4.40 Å². The number of methoxy groups -OCH3 is 1. The van der Waals surface area contributed by atoms with Crippen LogP contribution in [0.25, 0.3) is 82.2 Å². The standard InChI is InChI=1S/C39H24N2O2/c1-43-39(42)27-20-21-28-31(22-27)34(23-10-4-2-5-11-23)36(26-12-6-3-7-13-26)41-37-30-17-9-15-25-19-18-24-14-8-16-29(32(24)33(25)30)35(37)40-38(28)41/h2-22H,1H3. The van der Waals surface area contributed by atoms with Crippen molar-refractivity contribution < 1.29 is 13.9 Å². The van der Waals surface area contributed by atoms with Gasteiger partial charge in [-0.05, 0) is 56.3 Å². The zero-order chi connectivity index (χ0) is 28.7. The average molecular weight is 553 g/mol. The van der Waals surface area contributed by atoms with Crippen LogP contribution in [0, 0.1) is 0 Å². The van der Waals surface area contributed by atoms with Crippen LogP contribution in [-0.4, -0.2) is 13.1 Å². The molecule has 4 heteroatoms. The van der Waals surface area contributed by atoms with E-state index in [1.54, 1.807) is 0 Å². The number of aromatic nitrogens is 2. The highest BCUT2D eigenvalue weighted by Crippen LogP contribution is 2.43. The zero-order valence-corrected chi connectivity index (χ0v) is 23.3. The quantitative estimate of drug-likeness (QED) is 0.125. The average Bonchev–Trinajstić information content (AvgIpc) is 3.48. The molecule has 0 spiro atoms. The number of fused-ring (bicyclic) bond motifs is 7. The van der Waals surface area contributed by atoms with Gasteiger partial charge in [-0.15, -0.1) is 0 Å². The molecule has 0 fully saturated rings. The Labute approximate surface area is 246 Å². The van der Waals surface area contributed by atoms with E-state index in [-0.39, 0.29) is 5.97 Å². The summed E-state index contributed by atoms with van der Waals surface area (Å²) in [5.74, 6) is -0.363. The highest BCUT2D eigenvalue weighted by molar-refractivity contribution is 6.32. The maximum Gasteiger partial charge on any atom is 0.337 e. The predicted molar refractivity (Wildman–Crippen MR) is 174 cm³/mol. The molecular formula is C39H24N2O2. The minimum Gasteiger partial charge on any atom is -0.465 e. The summed E-state index contributed by atoms with van der Waals surface area (Å²) in [6, 6.07) is 44.2. The van der Waals surface area contributed by atoms with E-state index >= 15 is 0 Å². The first kappa shape index (κ1) is 23.9. The van der Waals surface area contributed by atoms with Gasteiger partial charge in [-0.2, -0.15) is 0 Å². The van der Waals surface area contributed by atoms with Gasteiger partial charge in [-0.1, -0.05) is 109 Å². The van der Waals surface area contributed by atoms with Gasteiger partial charge in [0.05, 0.1) is 29.4 Å². The zero-order valence-electron chi connectivity index (χ0n) is 23.3. The van der Waals surface area contributed by atoms with E-state index in [9.17, 15) is 4.79 Å². The molecule has 0 aliphatic heterocycles. The fraction of sp³-hybridized carbons (Fsp3) is 0.0256. The molecule has 9 rings (SSSR count). The summed E-state index contributed by atoms with van der Waals surface area (Å²) >= 11 is 0. The number of pyridine rings is 1. The molecule has 9 aromatic rings. The van der Waals surface area contributed by atoms with Gasteiger partial charge >= 0.3 is 5.97 Å². The number of nitrogens with zero attached hydrogens (tertiary/aromatic N) is 2. The molecule has 0 amide bonds. The lowest BCUT2D eigenvalue weighted by Gasteiger charge is -2.19. The molecule has 2 aromatic heterocycles. The summed E-state index contributed by atoms with van der Waals surface area (Å²) in [6.45, 7) is 0. The first-order chi connectivity index (χ1) is 21.2. The van der Waals surface area contributed by atoms with Crippen molar-refractivity contribution in [2.24, 2.45) is 0 Å². The van der Waals surface area contributed by atoms with Crippen molar-refractivity contribution in [1.82, 2.24) is 4.98 Å². The topological polar surface area (TPSA) is 44.5 Å². The molecule has 0 bridgehead atoms. The largest absolute Gasteiger partial charge is 0.465 e. The van der Waals surface area contributed by atoms with Crippen LogP contribution >= 0.6 is 0 Å². The van der Waals surface area contributed by atoms with Gasteiger partial charge in [0.1, 0.15) is 5.65 Å². The smallest absolute Gasteiger partial charge is 0.337 e. The Balaban J connectivity index is 1.63. The SMILES string of the molecule is COC(=O)c1ccc2c(c1)c(-c1ccccc1)c(-c1ccccc1)[n+]1c2[n-]c2c3cccc4ccc5cccc(c5c43)c21. The Morgan fingerprint density at radius 2 is 1.28 bits per heavy atom. The van der Waals surface area contributed by atoms with E-state index in [0.29, 0.717) is 5.56 Å². The van der Waals surface area contributed by atoms with Gasteiger partial charge in [0.25, 0.3) is 0 Å². The molecular weight excluding hydrogens is 528 g/mol. The number of carbonyl (C=O) groups is 1. The lowest BCUT2D eigenvalue weighted by molar-refractivity contribution is -0.465. The third-order valence-electron chi connectivity index (χ3n) is 8.79. The van der Waals surface area contributed by atoms with E-state index < -0.39 is 0 Å². The Morgan fingerprint density at radius 3 is 1.98 bits per heavy atom. The van der Waals surface area contributed by atoms with Crippen molar-refractivity contribution in [1.29, 1.82) is 0 Å². The highest BCUT2D eigenvalue weighted by Gasteiger charge is 2.25. The second-order valence-corrected chi connectivity index (χ2v) is 11.0. The number of hydrogen-bond acceptors (Lipinski definition) is 2. The van der Waals surface area contributed by atoms with E-state index in [1.807, 2.05) is 30.3 Å². The number of hydrogen-bond donors (Lipinski definition) is 0. The summed E-state index contributed by atoms with van der Waals surface area (Å²) in [7, 11) is 1.42. The second kappa shape index (κ2) is 8.88. The number of rotatable bonds is 3. The lowest BCUT2D eigenvalue weighted by Crippen LogP contribution is -2.25. The Bertz CT molecular complexity index is 2550. The molecule has 0 saturated carbocycles. The van der Waals surface area contributed by atoms with Gasteiger partial charge in [-0.25, -0.2) is 9.78 Å². The van der Waals surface area contributed by atoms with Crippen molar-refractivity contribution in [3.63, 3.8) is 0 Å². The third-order valence-corrected chi connectivity index (χ3v) is 8.79. The third kappa shape index (κ3) is 3.26. The van der Waals surface area contributed by atoms with Gasteiger partial charge in [0, 0.05) is 21.7 Å². The van der Waals surface area contributed by atoms with Crippen LogP contribution in [-0.2, 0) is 4.74 Å². The summed E-state index contributed by atoms with van der Waals surface area (Å²) in [5.41, 5.74) is 7.64. The van der Waals surface area contributed by atoms with Crippen LogP contribution in [0.4, 0.5) is 0 Å². The molecule has 4 nitrogen and oxygen atoms in total. The Hall–Kier alpha value is -5.74. The van der Waals surface area contributed by atoms with Crippen LogP contribution in [0.2, 0.25) is 0 Å². The van der Waals surface area contributed by atoms with Gasteiger partial charge < -0.3 is 4.74 Å². The Kier molecular flexibility index (Phi) is 4.94. The van der Waals surface area contributed by atoms with E-state index in [1.165, 1.54) is 34.0 Å². The first-order valence-electron chi connectivity index (χ1n) is 14.4. The van der Waals surface area contributed by atoms with Crippen LogP contribution in [0.1, 0.15) is 10.4 Å². The van der Waals surface area contributed by atoms with E-state index in [0.717, 1.165) is 55.2 Å². The fourth-order valence-electron chi connectivity index (χ4n) is 7.00. The monoisotopic (exact) mass is 552 g/mol. The summed E-state index contributed by atoms with van der Waals surface area (Å²) < 4.78 is 7.50. The summed E-state index contributed by atoms with van der Waals surface area (Å²) in [4.78, 5) is 18.2. The van der Waals surface area contributed by atoms with Crippen LogP contribution in [0.5, 0.6) is 0 Å². The normalized spacial score (nSPS) is 11.9. The van der Waals surface area contributed by atoms with Crippen LogP contribution in [0.3, 0.4) is 0 Å². The molecule has 0 unspecified atom stereocenters. The summed E-state index contributed by atoms with van der Waals surface area (Å²) in [6.07, 6.45) is 0. The van der Waals surface area contributed by atoms with Crippen LogP contribution < -0.4 is 9.38 Å². The fourth-order valence-corrected chi connectivity index (χ4v) is 7.00. The minimum atomic E-state index is -0.363. The minimum absolute atomic E-state index is 0.363. The number of benzene rings is 7. The number of ether oxygens (including phenoxy) is 1. The lowest BCUT2D eigenvalue weighted by atomic mass is 9.91. The number of carbonyl (C=O) groups excluding carboxylic acids is 1. The molecule has 43 heavy (non-hydrogen) atoms. The molecule has 0 saturated heterocycles. The molecule has 7 aromatic carbocycles. The number of esters is 1. The molecule has 0 aliphatic rings. The number of imidazole rings is 1. The maximum atomic E-state index is 12.8. The second-order valence-electron chi connectivity index (χ2n) is 11.0. The van der Waals surface area contributed by atoms with Crippen molar-refractivity contribution in [2.75, 3.05) is 7.11 Å². The van der Waals surface area contributed by atoms with Gasteiger partial charge in [0.15, 0.2) is 0 Å². The Morgan fingerprint density at radius 1 is 0.628 bits per heavy atom. The highest BCUT2D eigenvalue weighted by atomic mass is 16.5. The van der Waals surface area contributed by atoms with E-state index in [4.69, 9.17) is 9.72 Å². The van der Waals surface area contributed by atoms with Crippen molar-refractivity contribution in [3.05, 3.63) is 133 Å². The molecule has 0 aliphatic carbocycles. The van der Waals surface area contributed by atoms with Crippen LogP contribution in [0.15, 0.2) is 127 Å². The van der Waals surface area contributed by atoms with Gasteiger partial charge in [0.2, 0.25) is 0 Å². The molecule has 202 valence electrons. The molecule has 0 atom stereocenters. The molecule has 2 heterocycles. The van der Waals surface area contributed by atoms with Crippen molar-refractivity contribution in [2.45, 2.75) is 0 Å². The maximum absolute atomic E-state index is 12.8. The van der Waals surface area contributed by atoms with Crippen molar-refractivity contribution >= 4 is 65.7 Å². The summed E-state index contributed by atoms with van der Waals surface area (Å²) in [5, 5.41) is 9.17. The molecule has 0 radical (unpaired) electrons. The predicted octanol–water partition coefficient (Wildman–Crippen LogP) is 8.71. The van der Waals surface area contributed by atoms with E-state index in [2.05, 4.69) is 101 Å².